The van der Waals surface area contributed by atoms with Gasteiger partial charge in [-0.25, -0.2) is 18.4 Å². The Morgan fingerprint density at radius 1 is 1.24 bits per heavy atom. The molecule has 0 fully saturated rings. The van der Waals surface area contributed by atoms with Crippen LogP contribution in [0.15, 0.2) is 53.4 Å². The van der Waals surface area contributed by atoms with Gasteiger partial charge in [-0.15, -0.1) is 0 Å². The molecule has 0 aliphatic heterocycles. The maximum atomic E-state index is 12.1. The van der Waals surface area contributed by atoms with Crippen LogP contribution in [0.1, 0.15) is 24.2 Å². The molecule has 0 spiro atoms. The van der Waals surface area contributed by atoms with Crippen LogP contribution in [0.25, 0.3) is 0 Å². The lowest BCUT2D eigenvalue weighted by Gasteiger charge is -2.17. The Morgan fingerprint density at radius 3 is 2.55 bits per heavy atom. The molecule has 1 amide bonds. The first-order valence-corrected chi connectivity index (χ1v) is 10.0. The van der Waals surface area contributed by atoms with E-state index >= 15 is 0 Å². The van der Waals surface area contributed by atoms with Crippen LogP contribution in [0.2, 0.25) is 0 Å². The molecule has 0 radical (unpaired) electrons. The average Bonchev–Trinajstić information content (AvgIpc) is 2.61. The summed E-state index contributed by atoms with van der Waals surface area (Å²) in [4.78, 5) is 22.2. The van der Waals surface area contributed by atoms with E-state index in [1.54, 1.807) is 37.3 Å². The van der Waals surface area contributed by atoms with Crippen molar-refractivity contribution in [2.75, 3.05) is 17.2 Å². The van der Waals surface area contributed by atoms with Crippen molar-refractivity contribution in [1.82, 2.24) is 0 Å². The van der Waals surface area contributed by atoms with Gasteiger partial charge in [-0.2, -0.15) is 0 Å². The zero-order valence-corrected chi connectivity index (χ0v) is 16.6. The molecular weight excluding hydrogens is 398 g/mol. The van der Waals surface area contributed by atoms with Crippen molar-refractivity contribution in [2.45, 2.75) is 18.7 Å². The number of amides is 1. The lowest BCUT2D eigenvalue weighted by atomic mass is 10.1. The summed E-state index contributed by atoms with van der Waals surface area (Å²) in [5.74, 6) is -1.53. The van der Waals surface area contributed by atoms with E-state index in [0.717, 1.165) is 6.07 Å². The lowest BCUT2D eigenvalue weighted by molar-refractivity contribution is -0.114. The van der Waals surface area contributed by atoms with Gasteiger partial charge >= 0.3 is 5.97 Å². The zero-order valence-electron chi connectivity index (χ0n) is 15.8. The van der Waals surface area contributed by atoms with Gasteiger partial charge in [0.25, 0.3) is 0 Å². The maximum Gasteiger partial charge on any atom is 0.335 e. The normalized spacial score (nSPS) is 11.3. The third-order valence-corrected chi connectivity index (χ3v) is 4.55. The number of primary sulfonamides is 1. The predicted molar refractivity (Wildman–Crippen MR) is 109 cm³/mol. The number of aromatic carboxylic acids is 1. The largest absolute Gasteiger partial charge is 0.478 e. The summed E-state index contributed by atoms with van der Waals surface area (Å²) in [7, 11) is -4.31. The zero-order chi connectivity index (χ0) is 21.6. The second kappa shape index (κ2) is 9.22. The predicted octanol–water partition coefficient (Wildman–Crippen LogP) is 2.77. The molecule has 10 heteroatoms. The third-order valence-electron chi connectivity index (χ3n) is 3.63. The molecular formula is C19H21N3O6S. The quantitative estimate of drug-likeness (QED) is 0.481. The molecule has 2 aromatic carbocycles. The summed E-state index contributed by atoms with van der Waals surface area (Å²) in [6.45, 7) is 3.45. The molecule has 29 heavy (non-hydrogen) atoms. The smallest absolute Gasteiger partial charge is 0.335 e. The van der Waals surface area contributed by atoms with E-state index < -0.39 is 20.9 Å². The number of nitrogens with two attached hydrogens (primary N) is 1. The minimum atomic E-state index is -4.31. The molecule has 0 heterocycles. The minimum absolute atomic E-state index is 0.136. The summed E-state index contributed by atoms with van der Waals surface area (Å²) >= 11 is 0. The molecule has 154 valence electrons. The van der Waals surface area contributed by atoms with Crippen molar-refractivity contribution in [3.8, 4) is 11.5 Å². The molecule has 2 aromatic rings. The fourth-order valence-corrected chi connectivity index (χ4v) is 3.12. The van der Waals surface area contributed by atoms with Crippen molar-refractivity contribution in [2.24, 2.45) is 5.14 Å². The van der Waals surface area contributed by atoms with Gasteiger partial charge in [0.2, 0.25) is 15.9 Å². The number of carbonyl (C=O) groups is 2. The summed E-state index contributed by atoms with van der Waals surface area (Å²) in [6.07, 6.45) is 3.53. The second-order valence-corrected chi connectivity index (χ2v) is 7.49. The van der Waals surface area contributed by atoms with Gasteiger partial charge in [0.15, 0.2) is 5.75 Å². The lowest BCUT2D eigenvalue weighted by Crippen LogP contribution is -2.16. The fourth-order valence-electron chi connectivity index (χ4n) is 2.42. The summed E-state index contributed by atoms with van der Waals surface area (Å²) < 4.78 is 30.0. The Hall–Kier alpha value is -3.37. The van der Waals surface area contributed by atoms with Crippen LogP contribution in [-0.4, -0.2) is 31.9 Å². The first kappa shape index (κ1) is 21.9. The molecule has 0 unspecified atom stereocenters. The second-order valence-electron chi connectivity index (χ2n) is 5.96. The van der Waals surface area contributed by atoms with Crippen LogP contribution in [0.5, 0.6) is 11.5 Å². The van der Waals surface area contributed by atoms with Gasteiger partial charge in [0.1, 0.15) is 10.6 Å². The minimum Gasteiger partial charge on any atom is -0.478 e. The van der Waals surface area contributed by atoms with Crippen molar-refractivity contribution >= 4 is 33.3 Å². The number of carbonyl (C=O) groups excluding carboxylic acids is 1. The van der Waals surface area contributed by atoms with Crippen LogP contribution in [0.4, 0.5) is 11.4 Å². The molecule has 0 bridgehead atoms. The van der Waals surface area contributed by atoms with E-state index in [1.807, 2.05) is 0 Å². The molecule has 0 aliphatic rings. The topological polar surface area (TPSA) is 148 Å². The van der Waals surface area contributed by atoms with Crippen LogP contribution in [-0.2, 0) is 14.8 Å². The molecule has 0 aromatic heterocycles. The van der Waals surface area contributed by atoms with Gasteiger partial charge in [-0.3, -0.25) is 4.79 Å². The number of allylic oxidation sites excluding steroid dienone is 1. The Balaban J connectivity index is 2.60. The SMILES string of the molecule is C/C=C/CNc1cc(C(=O)O)cc(S(N)(=O)=O)c1Oc1cccc(NC(C)=O)c1. The van der Waals surface area contributed by atoms with Crippen LogP contribution >= 0.6 is 0 Å². The molecule has 0 saturated heterocycles. The van der Waals surface area contributed by atoms with E-state index in [4.69, 9.17) is 9.88 Å². The van der Waals surface area contributed by atoms with E-state index in [0.29, 0.717) is 12.2 Å². The molecule has 0 aliphatic carbocycles. The van der Waals surface area contributed by atoms with Crippen LogP contribution in [0, 0.1) is 0 Å². The summed E-state index contributed by atoms with van der Waals surface area (Å²) in [5, 5.41) is 20.1. The fraction of sp³-hybridized carbons (Fsp3) is 0.158. The highest BCUT2D eigenvalue weighted by atomic mass is 32.2. The van der Waals surface area contributed by atoms with Crippen LogP contribution < -0.4 is 20.5 Å². The highest BCUT2D eigenvalue weighted by Gasteiger charge is 2.23. The number of benzene rings is 2. The number of carboxylic acids is 1. The Kier molecular flexibility index (Phi) is 6.97. The molecule has 0 atom stereocenters. The van der Waals surface area contributed by atoms with E-state index in [9.17, 15) is 23.1 Å². The van der Waals surface area contributed by atoms with Crippen molar-refractivity contribution < 1.29 is 27.9 Å². The van der Waals surface area contributed by atoms with E-state index in [1.165, 1.54) is 19.1 Å². The number of nitrogens with one attached hydrogen (secondary N) is 2. The number of rotatable bonds is 8. The molecule has 2 rings (SSSR count). The number of ether oxygens (including phenoxy) is 1. The van der Waals surface area contributed by atoms with Crippen molar-refractivity contribution in [1.29, 1.82) is 0 Å². The van der Waals surface area contributed by atoms with Crippen molar-refractivity contribution in [3.63, 3.8) is 0 Å². The number of hydrogen-bond donors (Lipinski definition) is 4. The molecule has 0 saturated carbocycles. The van der Waals surface area contributed by atoms with Gasteiger partial charge in [0, 0.05) is 25.2 Å². The first-order valence-electron chi connectivity index (χ1n) is 8.46. The van der Waals surface area contributed by atoms with Gasteiger partial charge in [0.05, 0.1) is 11.3 Å². The number of hydrogen-bond acceptors (Lipinski definition) is 6. The van der Waals surface area contributed by atoms with Gasteiger partial charge < -0.3 is 20.5 Å². The monoisotopic (exact) mass is 419 g/mol. The highest BCUT2D eigenvalue weighted by molar-refractivity contribution is 7.89. The van der Waals surface area contributed by atoms with E-state index in [2.05, 4.69) is 10.6 Å². The summed E-state index contributed by atoms with van der Waals surface area (Å²) in [5.41, 5.74) is 0.311. The molecule has 5 N–H and O–H groups in total. The standard InChI is InChI=1S/C19H21N3O6S/c1-3-4-8-21-16-9-13(19(24)25)10-17(29(20,26)27)18(16)28-15-7-5-6-14(11-15)22-12(2)23/h3-7,9-11,21H,8H2,1-2H3,(H,22,23)(H,24,25)(H2,20,26,27)/b4-3+. The average molecular weight is 419 g/mol. The highest BCUT2D eigenvalue weighted by Crippen LogP contribution is 2.37. The van der Waals surface area contributed by atoms with Crippen molar-refractivity contribution in [3.05, 3.63) is 54.1 Å². The summed E-state index contributed by atoms with van der Waals surface area (Å²) in [6, 6.07) is 8.48. The number of sulfonamides is 1. The third kappa shape index (κ3) is 6.06. The Morgan fingerprint density at radius 2 is 1.97 bits per heavy atom. The number of carboxylic acid groups (broad SMARTS) is 1. The van der Waals surface area contributed by atoms with Gasteiger partial charge in [-0.1, -0.05) is 18.2 Å². The van der Waals surface area contributed by atoms with E-state index in [-0.39, 0.29) is 28.7 Å². The Labute approximate surface area is 168 Å². The van der Waals surface area contributed by atoms with Gasteiger partial charge in [-0.05, 0) is 31.2 Å². The van der Waals surface area contributed by atoms with Crippen LogP contribution in [0.3, 0.4) is 0 Å². The maximum absolute atomic E-state index is 12.1. The Bertz CT molecular complexity index is 1060. The molecule has 9 nitrogen and oxygen atoms in total. The first-order chi connectivity index (χ1) is 13.6. The number of anilines is 2.